The van der Waals surface area contributed by atoms with E-state index in [1.54, 1.807) is 18.2 Å². The van der Waals surface area contributed by atoms with Crippen molar-refractivity contribution in [3.63, 3.8) is 0 Å². The summed E-state index contributed by atoms with van der Waals surface area (Å²) >= 11 is 14.0. The first-order valence-electron chi connectivity index (χ1n) is 8.03. The number of nitrogens with one attached hydrogen (secondary N) is 2. The maximum atomic E-state index is 12.0. The van der Waals surface area contributed by atoms with E-state index in [9.17, 15) is 4.79 Å². The van der Waals surface area contributed by atoms with Crippen molar-refractivity contribution in [1.82, 2.24) is 5.32 Å². The van der Waals surface area contributed by atoms with E-state index in [4.69, 9.17) is 23.2 Å². The van der Waals surface area contributed by atoms with Gasteiger partial charge >= 0.3 is 6.03 Å². The summed E-state index contributed by atoms with van der Waals surface area (Å²) in [5.74, 6) is 2.35. The molecule has 0 aromatic heterocycles. The third-order valence-corrected chi connectivity index (χ3v) is 5.45. The molecule has 0 aliphatic carbocycles. The third-order valence-electron chi connectivity index (χ3n) is 3.94. The summed E-state index contributed by atoms with van der Waals surface area (Å²) < 4.78 is 0. The van der Waals surface area contributed by atoms with Crippen molar-refractivity contribution in [2.45, 2.75) is 6.54 Å². The van der Waals surface area contributed by atoms with Crippen molar-refractivity contribution in [1.29, 1.82) is 0 Å². The highest BCUT2D eigenvalue weighted by molar-refractivity contribution is 7.99. The number of halogens is 2. The molecule has 2 amide bonds. The summed E-state index contributed by atoms with van der Waals surface area (Å²) in [6, 6.07) is 12.9. The zero-order valence-corrected chi connectivity index (χ0v) is 15.9. The minimum Gasteiger partial charge on any atom is -0.370 e. The number of hydrogen-bond donors (Lipinski definition) is 2. The van der Waals surface area contributed by atoms with Crippen LogP contribution in [-0.2, 0) is 6.54 Å². The molecule has 0 spiro atoms. The Labute approximate surface area is 161 Å². The van der Waals surface area contributed by atoms with Gasteiger partial charge < -0.3 is 15.5 Å². The Balaban J connectivity index is 1.52. The molecule has 0 saturated carbocycles. The van der Waals surface area contributed by atoms with Gasteiger partial charge in [-0.1, -0.05) is 35.3 Å². The highest BCUT2D eigenvalue weighted by atomic mass is 35.5. The Bertz CT molecular complexity index is 734. The summed E-state index contributed by atoms with van der Waals surface area (Å²) in [5, 5.41) is 6.50. The van der Waals surface area contributed by atoms with E-state index in [1.807, 2.05) is 23.9 Å². The van der Waals surface area contributed by atoms with Gasteiger partial charge in [0.05, 0.1) is 10.7 Å². The number of rotatable bonds is 4. The van der Waals surface area contributed by atoms with Crippen molar-refractivity contribution in [3.8, 4) is 0 Å². The Hall–Kier alpha value is -1.56. The van der Waals surface area contributed by atoms with E-state index in [-0.39, 0.29) is 6.03 Å². The number of hydrogen-bond acceptors (Lipinski definition) is 3. The van der Waals surface area contributed by atoms with E-state index in [0.717, 1.165) is 18.7 Å². The molecule has 0 atom stereocenters. The van der Waals surface area contributed by atoms with Gasteiger partial charge in [-0.15, -0.1) is 0 Å². The van der Waals surface area contributed by atoms with Crippen molar-refractivity contribution in [2.75, 3.05) is 34.8 Å². The average Bonchev–Trinajstić information content (AvgIpc) is 2.64. The smallest absolute Gasteiger partial charge is 0.319 e. The van der Waals surface area contributed by atoms with E-state index in [0.29, 0.717) is 22.3 Å². The maximum Gasteiger partial charge on any atom is 0.319 e. The van der Waals surface area contributed by atoms with Gasteiger partial charge in [0.1, 0.15) is 0 Å². The van der Waals surface area contributed by atoms with Gasteiger partial charge in [-0.3, -0.25) is 0 Å². The van der Waals surface area contributed by atoms with E-state index in [2.05, 4.69) is 27.7 Å². The fraction of sp³-hybridized carbons (Fsp3) is 0.278. The molecule has 1 saturated heterocycles. The van der Waals surface area contributed by atoms with Crippen LogP contribution in [0, 0.1) is 0 Å². The van der Waals surface area contributed by atoms with Crippen LogP contribution in [0.4, 0.5) is 16.2 Å². The number of thioether (sulfide) groups is 1. The largest absolute Gasteiger partial charge is 0.370 e. The van der Waals surface area contributed by atoms with Gasteiger partial charge in [-0.25, -0.2) is 4.79 Å². The lowest BCUT2D eigenvalue weighted by atomic mass is 10.2. The fourth-order valence-electron chi connectivity index (χ4n) is 2.59. The molecule has 7 heteroatoms. The molecule has 25 heavy (non-hydrogen) atoms. The Morgan fingerprint density at radius 2 is 1.80 bits per heavy atom. The third kappa shape index (κ3) is 5.21. The second-order valence-corrected chi connectivity index (χ2v) is 7.77. The lowest BCUT2D eigenvalue weighted by Crippen LogP contribution is -2.32. The van der Waals surface area contributed by atoms with Gasteiger partial charge in [0.15, 0.2) is 0 Å². The summed E-state index contributed by atoms with van der Waals surface area (Å²) in [6.45, 7) is 2.62. The number of carbonyl (C=O) groups excluding carboxylic acids is 1. The quantitative estimate of drug-likeness (QED) is 0.775. The van der Waals surface area contributed by atoms with Gasteiger partial charge in [0.2, 0.25) is 0 Å². The molecule has 2 N–H and O–H groups in total. The number of anilines is 2. The van der Waals surface area contributed by atoms with E-state index < -0.39 is 0 Å². The van der Waals surface area contributed by atoms with Crippen molar-refractivity contribution in [3.05, 3.63) is 58.1 Å². The molecule has 4 nitrogen and oxygen atoms in total. The number of urea groups is 1. The molecule has 132 valence electrons. The zero-order chi connectivity index (χ0) is 17.6. The number of benzene rings is 2. The van der Waals surface area contributed by atoms with Gasteiger partial charge in [-0.2, -0.15) is 11.8 Å². The lowest BCUT2D eigenvalue weighted by Gasteiger charge is -2.28. The van der Waals surface area contributed by atoms with Crippen LogP contribution in [-0.4, -0.2) is 30.6 Å². The molecule has 0 radical (unpaired) electrons. The van der Waals surface area contributed by atoms with Crippen LogP contribution in [0.1, 0.15) is 5.56 Å². The van der Waals surface area contributed by atoms with Crippen molar-refractivity contribution < 1.29 is 4.79 Å². The Morgan fingerprint density at radius 1 is 1.08 bits per heavy atom. The van der Waals surface area contributed by atoms with E-state index >= 15 is 0 Å². The minimum absolute atomic E-state index is 0.318. The number of nitrogens with zero attached hydrogens (tertiary/aromatic N) is 1. The van der Waals surface area contributed by atoms with Crippen LogP contribution in [0.3, 0.4) is 0 Å². The summed E-state index contributed by atoms with van der Waals surface area (Å²) in [6.07, 6.45) is 0. The Morgan fingerprint density at radius 3 is 2.52 bits per heavy atom. The average molecular weight is 396 g/mol. The van der Waals surface area contributed by atoms with Crippen LogP contribution in [0.15, 0.2) is 42.5 Å². The lowest BCUT2D eigenvalue weighted by molar-refractivity contribution is 0.251. The number of carbonyl (C=O) groups is 1. The minimum atomic E-state index is -0.318. The molecule has 0 bridgehead atoms. The molecular formula is C18H19Cl2N3OS. The standard InChI is InChI=1S/C18H19Cl2N3OS/c19-14-3-6-16(20)17(11-14)22-18(24)21-12-13-1-4-15(5-2-13)23-7-9-25-10-8-23/h1-6,11H,7-10,12H2,(H2,21,22,24). The van der Waals surface area contributed by atoms with Gasteiger partial charge in [0, 0.05) is 41.8 Å². The van der Waals surface area contributed by atoms with Crippen LogP contribution < -0.4 is 15.5 Å². The maximum absolute atomic E-state index is 12.0. The van der Waals surface area contributed by atoms with Crippen molar-refractivity contribution >= 4 is 52.4 Å². The monoisotopic (exact) mass is 395 g/mol. The van der Waals surface area contributed by atoms with Crippen LogP contribution in [0.25, 0.3) is 0 Å². The fourth-order valence-corrected chi connectivity index (χ4v) is 3.83. The van der Waals surface area contributed by atoms with Gasteiger partial charge in [0.25, 0.3) is 0 Å². The molecule has 2 aromatic carbocycles. The molecule has 1 aliphatic rings. The molecule has 1 fully saturated rings. The highest BCUT2D eigenvalue weighted by Gasteiger charge is 2.11. The molecular weight excluding hydrogens is 377 g/mol. The summed E-state index contributed by atoms with van der Waals surface area (Å²) in [5.41, 5.74) is 2.77. The number of amides is 2. The summed E-state index contributed by atoms with van der Waals surface area (Å²) in [7, 11) is 0. The van der Waals surface area contributed by atoms with Gasteiger partial charge in [-0.05, 0) is 35.9 Å². The first kappa shape index (κ1) is 18.2. The molecule has 1 heterocycles. The van der Waals surface area contributed by atoms with E-state index in [1.165, 1.54) is 17.2 Å². The predicted molar refractivity (Wildman–Crippen MR) is 108 cm³/mol. The zero-order valence-electron chi connectivity index (χ0n) is 13.6. The first-order valence-corrected chi connectivity index (χ1v) is 9.94. The van der Waals surface area contributed by atoms with Crippen LogP contribution in [0.2, 0.25) is 10.0 Å². The van der Waals surface area contributed by atoms with Crippen LogP contribution in [0.5, 0.6) is 0 Å². The second kappa shape index (κ2) is 8.70. The van der Waals surface area contributed by atoms with Crippen LogP contribution >= 0.6 is 35.0 Å². The normalized spacial score (nSPS) is 14.2. The summed E-state index contributed by atoms with van der Waals surface area (Å²) in [4.78, 5) is 14.4. The first-order chi connectivity index (χ1) is 12.1. The topological polar surface area (TPSA) is 44.4 Å². The second-order valence-electron chi connectivity index (χ2n) is 5.70. The molecule has 3 rings (SSSR count). The SMILES string of the molecule is O=C(NCc1ccc(N2CCSCC2)cc1)Nc1cc(Cl)ccc1Cl. The molecule has 0 unspecified atom stereocenters. The highest BCUT2D eigenvalue weighted by Crippen LogP contribution is 2.25. The van der Waals surface area contributed by atoms with Crippen molar-refractivity contribution in [2.24, 2.45) is 0 Å². The molecule has 2 aromatic rings. The Kier molecular flexibility index (Phi) is 6.34. The predicted octanol–water partition coefficient (Wildman–Crippen LogP) is 4.87. The molecule has 1 aliphatic heterocycles.